The third-order valence-corrected chi connectivity index (χ3v) is 15.4. The van der Waals surface area contributed by atoms with Crippen molar-refractivity contribution in [2.24, 2.45) is 10.2 Å². The normalized spacial score (nSPS) is 12.1. The highest BCUT2D eigenvalue weighted by molar-refractivity contribution is 7.87. The summed E-state index contributed by atoms with van der Waals surface area (Å²) in [7, 11) is -19.6. The van der Waals surface area contributed by atoms with Gasteiger partial charge >= 0.3 is 0 Å². The summed E-state index contributed by atoms with van der Waals surface area (Å²) < 4.78 is 130. The molecule has 8 aromatic rings. The summed E-state index contributed by atoms with van der Waals surface area (Å²) in [4.78, 5) is -3.56. The van der Waals surface area contributed by atoms with E-state index < -0.39 is 88.3 Å². The van der Waals surface area contributed by atoms with Gasteiger partial charge < -0.3 is 27.4 Å². The maximum atomic E-state index is 11.9. The third kappa shape index (κ3) is 12.1. The fourth-order valence-electron chi connectivity index (χ4n) is 7.57. The molecule has 0 aliphatic carbocycles. The van der Waals surface area contributed by atoms with Crippen LogP contribution in [0.4, 0.5) is 28.4 Å². The van der Waals surface area contributed by atoms with E-state index >= 15 is 0 Å². The van der Waals surface area contributed by atoms with Gasteiger partial charge in [0, 0.05) is 21.8 Å². The SMILES string of the molecule is Cc1ccc(-c2ccc(N)c(C)c2)cc1C.Cc1ccc(-c2ccc(N=Nc3ccc4c(S(=O)(=O)O)cc(S(=O)(=O)O)c(N)c4c3O)c(C)c2)cc1C.Nc1c(S(=O)(=O)O)cc(S(=O)(=O)O)c2cccc(O)c12. The number of fused-ring (bicyclic) bond motifs is 2. The topological polar surface area (TPSA) is 361 Å². The Hall–Kier alpha value is -7.48. The summed E-state index contributed by atoms with van der Waals surface area (Å²) in [5, 5.41) is 27.6. The first-order valence-corrected chi connectivity index (χ1v) is 27.1. The minimum absolute atomic E-state index is 0.148. The second kappa shape index (κ2) is 20.6. The second-order valence-electron chi connectivity index (χ2n) is 16.9. The van der Waals surface area contributed by atoms with Crippen LogP contribution in [0.5, 0.6) is 11.5 Å². The van der Waals surface area contributed by atoms with Crippen molar-refractivity contribution in [1.82, 2.24) is 0 Å². The highest BCUT2D eigenvalue weighted by Crippen LogP contribution is 2.44. The standard InChI is InChI=1S/C25H23N3O7S2.C15H17N.C10H9NO7S2/c1-13-4-5-16(10-14(13)2)17-6-8-19(15(3)11-17)27-28-20-9-7-18-21(36(30,31)32)12-22(37(33,34)35)24(26)23(18)25(20)29;1-10-4-5-13(8-11(10)2)14-6-7-15(16)12(3)9-14;11-10-8(20(16,17)18)4-7(19(13,14)15)5-2-1-3-6(12)9(5)10/h4-12,29H,26H2,1-3H3,(H,30,31,32)(H,33,34,35);4-9H,16H2,1-3H3;1-4,12H,11H2,(H,13,14,15)(H,16,17,18). The van der Waals surface area contributed by atoms with Gasteiger partial charge in [-0.25, -0.2) is 0 Å². The molecular formula is C50H49N5O14S4. The maximum absolute atomic E-state index is 11.9. The first-order chi connectivity index (χ1) is 33.8. The molecule has 23 heteroatoms. The zero-order valence-electron chi connectivity index (χ0n) is 39.7. The van der Waals surface area contributed by atoms with E-state index in [-0.39, 0.29) is 21.8 Å². The highest BCUT2D eigenvalue weighted by Gasteiger charge is 2.28. The quantitative estimate of drug-likeness (QED) is 0.0388. The monoisotopic (exact) mass is 1070 g/mol. The fourth-order valence-corrected chi connectivity index (χ4v) is 10.4. The van der Waals surface area contributed by atoms with Crippen molar-refractivity contribution in [2.45, 2.75) is 61.1 Å². The van der Waals surface area contributed by atoms with Gasteiger partial charge in [-0.15, -0.1) is 5.11 Å². The van der Waals surface area contributed by atoms with Crippen molar-refractivity contribution < 1.29 is 62.1 Å². The van der Waals surface area contributed by atoms with Gasteiger partial charge in [-0.05, 0) is 146 Å². The van der Waals surface area contributed by atoms with E-state index in [9.17, 15) is 53.0 Å². The Labute approximate surface area is 421 Å². The average molecular weight is 1070 g/mol. The van der Waals surface area contributed by atoms with Crippen molar-refractivity contribution in [3.05, 3.63) is 149 Å². The molecule has 0 heterocycles. The number of phenolic OH excluding ortho intramolecular Hbond substituents is 2. The molecule has 73 heavy (non-hydrogen) atoms. The van der Waals surface area contributed by atoms with Crippen LogP contribution in [-0.2, 0) is 40.5 Å². The number of hydrogen-bond donors (Lipinski definition) is 9. The van der Waals surface area contributed by atoms with Gasteiger partial charge in [0.05, 0.1) is 22.4 Å². The van der Waals surface area contributed by atoms with Gasteiger partial charge in [-0.3, -0.25) is 18.2 Å². The predicted octanol–water partition coefficient (Wildman–Crippen LogP) is 10.1. The molecule has 0 spiro atoms. The molecule has 12 N–H and O–H groups in total. The number of rotatable bonds is 8. The molecule has 0 saturated carbocycles. The van der Waals surface area contributed by atoms with Crippen molar-refractivity contribution in [3.8, 4) is 33.8 Å². The van der Waals surface area contributed by atoms with Crippen LogP contribution in [0, 0.1) is 41.5 Å². The lowest BCUT2D eigenvalue weighted by Crippen LogP contribution is -2.08. The Kier molecular flexibility index (Phi) is 15.4. The van der Waals surface area contributed by atoms with Gasteiger partial charge in [-0.1, -0.05) is 66.7 Å². The molecule has 0 radical (unpaired) electrons. The van der Waals surface area contributed by atoms with Crippen LogP contribution in [0.25, 0.3) is 43.8 Å². The predicted molar refractivity (Wildman–Crippen MR) is 280 cm³/mol. The molecule has 0 atom stereocenters. The van der Waals surface area contributed by atoms with Gasteiger partial charge in [-0.2, -0.15) is 38.8 Å². The number of benzene rings is 8. The number of anilines is 3. The van der Waals surface area contributed by atoms with E-state index in [0.717, 1.165) is 34.0 Å². The number of nitrogens with zero attached hydrogens (tertiary/aromatic N) is 2. The molecule has 0 fully saturated rings. The lowest BCUT2D eigenvalue weighted by molar-refractivity contribution is 0.476. The molecule has 0 bridgehead atoms. The van der Waals surface area contributed by atoms with E-state index in [2.05, 4.69) is 60.5 Å². The second-order valence-corrected chi connectivity index (χ2v) is 22.5. The Balaban J connectivity index is 0.000000201. The van der Waals surface area contributed by atoms with Gasteiger partial charge in [0.2, 0.25) is 0 Å². The zero-order valence-corrected chi connectivity index (χ0v) is 42.9. The summed E-state index contributed by atoms with van der Waals surface area (Å²) in [6.45, 7) is 12.2. The van der Waals surface area contributed by atoms with Crippen LogP contribution in [-0.4, -0.2) is 62.1 Å². The lowest BCUT2D eigenvalue weighted by Gasteiger charge is -2.13. The smallest absolute Gasteiger partial charge is 0.296 e. The van der Waals surface area contributed by atoms with Crippen LogP contribution in [0.15, 0.2) is 145 Å². The molecule has 19 nitrogen and oxygen atoms in total. The number of phenols is 2. The molecule has 0 aromatic heterocycles. The van der Waals surface area contributed by atoms with Crippen LogP contribution in [0.2, 0.25) is 0 Å². The first kappa shape index (κ1) is 54.8. The number of nitrogen functional groups attached to an aromatic ring is 3. The summed E-state index contributed by atoms with van der Waals surface area (Å²) in [5.74, 6) is -1.17. The number of aryl methyl sites for hydroxylation is 6. The summed E-state index contributed by atoms with van der Waals surface area (Å²) in [5.41, 5.74) is 28.7. The van der Waals surface area contributed by atoms with Gasteiger partial charge in [0.1, 0.15) is 31.0 Å². The average Bonchev–Trinajstić information content (AvgIpc) is 3.28. The molecule has 8 rings (SSSR count). The number of hydrogen-bond acceptors (Lipinski definition) is 15. The van der Waals surface area contributed by atoms with Gasteiger partial charge in [0.25, 0.3) is 40.5 Å². The first-order valence-electron chi connectivity index (χ1n) is 21.4. The summed E-state index contributed by atoms with van der Waals surface area (Å²) in [6.07, 6.45) is 0. The Bertz CT molecular complexity index is 4000. The summed E-state index contributed by atoms with van der Waals surface area (Å²) in [6, 6.07) is 31.6. The van der Waals surface area contributed by atoms with E-state index in [1.165, 1.54) is 57.6 Å². The Morgan fingerprint density at radius 1 is 0.384 bits per heavy atom. The van der Waals surface area contributed by atoms with Gasteiger partial charge in [0.15, 0.2) is 5.75 Å². The largest absolute Gasteiger partial charge is 0.507 e. The van der Waals surface area contributed by atoms with E-state index in [0.29, 0.717) is 17.8 Å². The number of azo groups is 1. The molecule has 382 valence electrons. The fraction of sp³-hybridized carbons (Fsp3) is 0.120. The molecule has 8 aromatic carbocycles. The third-order valence-electron chi connectivity index (χ3n) is 11.8. The van der Waals surface area contributed by atoms with Crippen LogP contribution in [0.3, 0.4) is 0 Å². The number of aromatic hydroxyl groups is 2. The Morgan fingerprint density at radius 2 is 0.767 bits per heavy atom. The lowest BCUT2D eigenvalue weighted by atomic mass is 9.99. The van der Waals surface area contributed by atoms with E-state index in [4.69, 9.17) is 26.3 Å². The maximum Gasteiger partial charge on any atom is 0.296 e. The minimum atomic E-state index is -5.00. The minimum Gasteiger partial charge on any atom is -0.507 e. The van der Waals surface area contributed by atoms with E-state index in [1.54, 1.807) is 6.07 Å². The van der Waals surface area contributed by atoms with Crippen LogP contribution in [0.1, 0.15) is 33.4 Å². The summed E-state index contributed by atoms with van der Waals surface area (Å²) >= 11 is 0. The molecule has 0 aliphatic rings. The van der Waals surface area contributed by atoms with Crippen LogP contribution >= 0.6 is 0 Å². The molecule has 0 unspecified atom stereocenters. The van der Waals surface area contributed by atoms with Crippen molar-refractivity contribution in [2.75, 3.05) is 17.2 Å². The molecule has 0 saturated heterocycles. The highest BCUT2D eigenvalue weighted by atomic mass is 32.2. The zero-order chi connectivity index (χ0) is 54.3. The van der Waals surface area contributed by atoms with Crippen molar-refractivity contribution in [3.63, 3.8) is 0 Å². The number of nitrogens with two attached hydrogens (primary N) is 3. The van der Waals surface area contributed by atoms with E-state index in [1.807, 2.05) is 58.0 Å². The molecular weight excluding hydrogens is 1020 g/mol. The van der Waals surface area contributed by atoms with Crippen molar-refractivity contribution >= 4 is 90.5 Å². The van der Waals surface area contributed by atoms with Crippen LogP contribution < -0.4 is 17.2 Å². The molecule has 0 amide bonds. The Morgan fingerprint density at radius 3 is 1.21 bits per heavy atom. The van der Waals surface area contributed by atoms with Crippen molar-refractivity contribution in [1.29, 1.82) is 0 Å². The molecule has 0 aliphatic heterocycles.